The zero-order valence-corrected chi connectivity index (χ0v) is 9.15. The third-order valence-electron chi connectivity index (χ3n) is 2.53. The summed E-state index contributed by atoms with van der Waals surface area (Å²) >= 11 is 0. The summed E-state index contributed by atoms with van der Waals surface area (Å²) in [5.41, 5.74) is 2.28. The van der Waals surface area contributed by atoms with Gasteiger partial charge in [-0.3, -0.25) is 10.2 Å². The molecule has 0 aliphatic carbocycles. The molecule has 0 bridgehead atoms. The lowest BCUT2D eigenvalue weighted by molar-refractivity contribution is 0.0951. The molecule has 17 heavy (non-hydrogen) atoms. The van der Waals surface area contributed by atoms with Crippen LogP contribution in [0.1, 0.15) is 10.4 Å². The lowest BCUT2D eigenvalue weighted by atomic mass is 10.2. The van der Waals surface area contributed by atoms with Crippen LogP contribution in [0.2, 0.25) is 0 Å². The summed E-state index contributed by atoms with van der Waals surface area (Å²) in [6, 6.07) is 2.50. The van der Waals surface area contributed by atoms with Gasteiger partial charge in [0.2, 0.25) is 5.95 Å². The van der Waals surface area contributed by atoms with Gasteiger partial charge in [-0.25, -0.2) is 10.8 Å². The molecular formula is C10H13FN4O2. The number of carbonyl (C=O) groups is 1. The molecule has 1 saturated heterocycles. The maximum absolute atomic E-state index is 13.1. The van der Waals surface area contributed by atoms with Crippen LogP contribution < -0.4 is 16.2 Å². The van der Waals surface area contributed by atoms with Crippen molar-refractivity contribution in [1.29, 1.82) is 0 Å². The van der Waals surface area contributed by atoms with Gasteiger partial charge in [0.25, 0.3) is 5.91 Å². The van der Waals surface area contributed by atoms with Gasteiger partial charge in [-0.15, -0.1) is 0 Å². The molecule has 1 aromatic heterocycles. The SMILES string of the molecule is NNC(=O)c1ccc(F)nc1N1CCOCC1. The molecule has 1 fully saturated rings. The number of nitrogens with two attached hydrogens (primary N) is 1. The number of nitrogens with one attached hydrogen (secondary N) is 1. The average Bonchev–Trinajstić information content (AvgIpc) is 2.39. The Balaban J connectivity index is 2.35. The Morgan fingerprint density at radius 2 is 2.18 bits per heavy atom. The zero-order chi connectivity index (χ0) is 12.3. The van der Waals surface area contributed by atoms with E-state index in [1.54, 1.807) is 4.90 Å². The van der Waals surface area contributed by atoms with Crippen molar-refractivity contribution in [2.45, 2.75) is 0 Å². The number of amides is 1. The molecule has 92 valence electrons. The van der Waals surface area contributed by atoms with Gasteiger partial charge in [-0.1, -0.05) is 0 Å². The fourth-order valence-corrected chi connectivity index (χ4v) is 1.70. The van der Waals surface area contributed by atoms with Gasteiger partial charge in [-0.2, -0.15) is 4.39 Å². The van der Waals surface area contributed by atoms with E-state index in [0.717, 1.165) is 6.07 Å². The molecule has 1 aliphatic heterocycles. The zero-order valence-electron chi connectivity index (χ0n) is 9.15. The minimum absolute atomic E-state index is 0.260. The Hall–Kier alpha value is -1.73. The molecule has 0 spiro atoms. The molecule has 2 heterocycles. The normalized spacial score (nSPS) is 15.8. The Labute approximate surface area is 97.5 Å². The summed E-state index contributed by atoms with van der Waals surface area (Å²) in [7, 11) is 0. The van der Waals surface area contributed by atoms with Gasteiger partial charge in [-0.05, 0) is 12.1 Å². The van der Waals surface area contributed by atoms with Crippen molar-refractivity contribution in [1.82, 2.24) is 10.4 Å². The van der Waals surface area contributed by atoms with Gasteiger partial charge >= 0.3 is 0 Å². The first-order valence-corrected chi connectivity index (χ1v) is 5.22. The first kappa shape index (κ1) is 11.7. The number of aromatic nitrogens is 1. The van der Waals surface area contributed by atoms with Crippen molar-refractivity contribution in [3.63, 3.8) is 0 Å². The highest BCUT2D eigenvalue weighted by atomic mass is 19.1. The Morgan fingerprint density at radius 3 is 2.82 bits per heavy atom. The van der Waals surface area contributed by atoms with Crippen molar-refractivity contribution in [3.8, 4) is 0 Å². The maximum atomic E-state index is 13.1. The molecule has 0 saturated carbocycles. The van der Waals surface area contributed by atoms with Crippen molar-refractivity contribution < 1.29 is 13.9 Å². The number of pyridine rings is 1. The quantitative estimate of drug-likeness (QED) is 0.320. The monoisotopic (exact) mass is 240 g/mol. The number of anilines is 1. The summed E-state index contributed by atoms with van der Waals surface area (Å²) in [4.78, 5) is 17.1. The minimum Gasteiger partial charge on any atom is -0.378 e. The number of morpholine rings is 1. The number of nitrogens with zero attached hydrogens (tertiary/aromatic N) is 2. The first-order valence-electron chi connectivity index (χ1n) is 5.22. The highest BCUT2D eigenvalue weighted by Gasteiger charge is 2.20. The molecule has 0 atom stereocenters. The smallest absolute Gasteiger partial charge is 0.268 e. The Bertz CT molecular complexity index is 421. The van der Waals surface area contributed by atoms with E-state index in [0.29, 0.717) is 32.1 Å². The third-order valence-corrected chi connectivity index (χ3v) is 2.53. The van der Waals surface area contributed by atoms with E-state index in [1.807, 2.05) is 5.43 Å². The Morgan fingerprint density at radius 1 is 1.47 bits per heavy atom. The molecule has 7 heteroatoms. The number of hydrazine groups is 1. The largest absolute Gasteiger partial charge is 0.378 e. The van der Waals surface area contributed by atoms with E-state index in [2.05, 4.69) is 4.98 Å². The molecule has 1 aromatic rings. The molecule has 0 aromatic carbocycles. The van der Waals surface area contributed by atoms with E-state index in [9.17, 15) is 9.18 Å². The van der Waals surface area contributed by atoms with Crippen molar-refractivity contribution in [2.75, 3.05) is 31.2 Å². The van der Waals surface area contributed by atoms with Crippen LogP contribution in [0.15, 0.2) is 12.1 Å². The van der Waals surface area contributed by atoms with Crippen LogP contribution >= 0.6 is 0 Å². The van der Waals surface area contributed by atoms with Crippen LogP contribution in [0.4, 0.5) is 10.2 Å². The molecule has 0 unspecified atom stereocenters. The fourth-order valence-electron chi connectivity index (χ4n) is 1.70. The number of ether oxygens (including phenoxy) is 1. The predicted octanol–water partition coefficient (Wildman–Crippen LogP) is -0.339. The second-order valence-electron chi connectivity index (χ2n) is 3.58. The van der Waals surface area contributed by atoms with E-state index < -0.39 is 11.9 Å². The molecule has 6 nitrogen and oxygen atoms in total. The second-order valence-corrected chi connectivity index (χ2v) is 3.58. The molecule has 2 rings (SSSR count). The van der Waals surface area contributed by atoms with Crippen LogP contribution in [-0.4, -0.2) is 37.2 Å². The average molecular weight is 240 g/mol. The molecule has 1 aliphatic rings. The van der Waals surface area contributed by atoms with Gasteiger partial charge in [0.1, 0.15) is 5.82 Å². The highest BCUT2D eigenvalue weighted by Crippen LogP contribution is 2.19. The number of carbonyl (C=O) groups excluding carboxylic acids is 1. The molecule has 3 N–H and O–H groups in total. The van der Waals surface area contributed by atoms with Crippen molar-refractivity contribution >= 4 is 11.7 Å². The van der Waals surface area contributed by atoms with E-state index in [1.165, 1.54) is 6.07 Å². The summed E-state index contributed by atoms with van der Waals surface area (Å²) in [6.07, 6.45) is 0. The topological polar surface area (TPSA) is 80.5 Å². The van der Waals surface area contributed by atoms with Gasteiger partial charge in [0.15, 0.2) is 0 Å². The van der Waals surface area contributed by atoms with Crippen molar-refractivity contribution in [2.24, 2.45) is 5.84 Å². The number of hydrogen-bond acceptors (Lipinski definition) is 5. The maximum Gasteiger partial charge on any atom is 0.268 e. The molecule has 0 radical (unpaired) electrons. The van der Waals surface area contributed by atoms with Crippen LogP contribution in [0.3, 0.4) is 0 Å². The van der Waals surface area contributed by atoms with Crippen LogP contribution in [-0.2, 0) is 4.74 Å². The van der Waals surface area contributed by atoms with E-state index >= 15 is 0 Å². The summed E-state index contributed by atoms with van der Waals surface area (Å²) in [5, 5.41) is 0. The lowest BCUT2D eigenvalue weighted by Gasteiger charge is -2.28. The van der Waals surface area contributed by atoms with E-state index in [-0.39, 0.29) is 5.56 Å². The van der Waals surface area contributed by atoms with Gasteiger partial charge < -0.3 is 9.64 Å². The summed E-state index contributed by atoms with van der Waals surface area (Å²) < 4.78 is 18.3. The number of hydrogen-bond donors (Lipinski definition) is 2. The third kappa shape index (κ3) is 2.51. The molecular weight excluding hydrogens is 227 g/mol. The summed E-state index contributed by atoms with van der Waals surface area (Å²) in [5.74, 6) is 4.27. The highest BCUT2D eigenvalue weighted by molar-refractivity contribution is 5.98. The first-order chi connectivity index (χ1) is 8.22. The fraction of sp³-hybridized carbons (Fsp3) is 0.400. The van der Waals surface area contributed by atoms with Gasteiger partial charge in [0, 0.05) is 13.1 Å². The minimum atomic E-state index is -0.625. The number of rotatable bonds is 2. The molecule has 1 amide bonds. The standard InChI is InChI=1S/C10H13FN4O2/c11-8-2-1-7(10(16)14-12)9(13-8)15-3-5-17-6-4-15/h1-2H,3-6,12H2,(H,14,16). The van der Waals surface area contributed by atoms with Gasteiger partial charge in [0.05, 0.1) is 18.8 Å². The number of halogens is 1. The second kappa shape index (κ2) is 5.07. The van der Waals surface area contributed by atoms with Crippen LogP contribution in [0.25, 0.3) is 0 Å². The van der Waals surface area contributed by atoms with E-state index in [4.69, 9.17) is 10.6 Å². The predicted molar refractivity (Wildman–Crippen MR) is 58.9 cm³/mol. The van der Waals surface area contributed by atoms with Crippen molar-refractivity contribution in [3.05, 3.63) is 23.6 Å². The van der Waals surface area contributed by atoms with Crippen LogP contribution in [0.5, 0.6) is 0 Å². The Kier molecular flexibility index (Phi) is 3.50. The van der Waals surface area contributed by atoms with Crippen LogP contribution in [0, 0.1) is 5.95 Å². The lowest BCUT2D eigenvalue weighted by Crippen LogP contribution is -2.39. The number of nitrogen functional groups attached to an aromatic ring is 1. The summed E-state index contributed by atoms with van der Waals surface area (Å²) in [6.45, 7) is 2.20.